The Kier molecular flexibility index (Phi) is 7.53. The van der Waals surface area contributed by atoms with Crippen molar-refractivity contribution in [1.29, 1.82) is 0 Å². The van der Waals surface area contributed by atoms with Crippen molar-refractivity contribution >= 4 is 40.6 Å². The van der Waals surface area contributed by atoms with Crippen LogP contribution in [0.4, 0.5) is 23.7 Å². The maximum absolute atomic E-state index is 13.0. The van der Waals surface area contributed by atoms with Crippen molar-refractivity contribution in [2.24, 2.45) is 0 Å². The molecule has 2 aromatic carbocycles. The third-order valence-corrected chi connectivity index (χ3v) is 7.30. The molecular formula is C29H28F3N3O3S. The van der Waals surface area contributed by atoms with Gasteiger partial charge in [-0.3, -0.25) is 19.3 Å². The molecule has 3 amide bonds. The summed E-state index contributed by atoms with van der Waals surface area (Å²) in [5.74, 6) is -1.42. The van der Waals surface area contributed by atoms with Gasteiger partial charge in [-0.2, -0.15) is 13.2 Å². The minimum Gasteiger partial charge on any atom is -0.325 e. The van der Waals surface area contributed by atoms with Crippen LogP contribution in [-0.4, -0.2) is 33.1 Å². The van der Waals surface area contributed by atoms with Crippen LogP contribution in [0, 0.1) is 13.8 Å². The third-order valence-electron chi connectivity index (χ3n) is 6.40. The van der Waals surface area contributed by atoms with Gasteiger partial charge in [-0.05, 0) is 84.6 Å². The van der Waals surface area contributed by atoms with Gasteiger partial charge in [0, 0.05) is 22.8 Å². The number of halogens is 3. The van der Waals surface area contributed by atoms with Crippen molar-refractivity contribution in [2.75, 3.05) is 11.9 Å². The number of carbonyl (C=O) groups excluding carboxylic acids is 3. The van der Waals surface area contributed by atoms with Gasteiger partial charge in [0.15, 0.2) is 0 Å². The number of hydrogen-bond acceptors (Lipinski definition) is 4. The molecule has 0 bridgehead atoms. The highest BCUT2D eigenvalue weighted by molar-refractivity contribution is 8.18. The summed E-state index contributed by atoms with van der Waals surface area (Å²) in [4.78, 5) is 38.9. The normalized spacial score (nSPS) is 15.4. The van der Waals surface area contributed by atoms with Gasteiger partial charge in [-0.1, -0.05) is 39.0 Å². The number of nitrogens with one attached hydrogen (secondary N) is 1. The Morgan fingerprint density at radius 3 is 2.26 bits per heavy atom. The first-order valence-electron chi connectivity index (χ1n) is 12.2. The second-order valence-electron chi connectivity index (χ2n) is 10.4. The number of hydrogen-bond donors (Lipinski definition) is 1. The van der Waals surface area contributed by atoms with Crippen LogP contribution in [0.2, 0.25) is 0 Å². The highest BCUT2D eigenvalue weighted by Crippen LogP contribution is 2.34. The summed E-state index contributed by atoms with van der Waals surface area (Å²) in [7, 11) is 0. The van der Waals surface area contributed by atoms with E-state index >= 15 is 0 Å². The molecule has 0 atom stereocenters. The van der Waals surface area contributed by atoms with E-state index in [4.69, 9.17) is 0 Å². The van der Waals surface area contributed by atoms with Gasteiger partial charge in [-0.25, -0.2) is 0 Å². The Morgan fingerprint density at radius 2 is 1.64 bits per heavy atom. The number of aryl methyl sites for hydroxylation is 1. The smallest absolute Gasteiger partial charge is 0.325 e. The summed E-state index contributed by atoms with van der Waals surface area (Å²) < 4.78 is 40.9. The predicted molar refractivity (Wildman–Crippen MR) is 147 cm³/mol. The van der Waals surface area contributed by atoms with Gasteiger partial charge in [0.1, 0.15) is 6.54 Å². The number of amides is 3. The lowest BCUT2D eigenvalue weighted by Gasteiger charge is -2.20. The predicted octanol–water partition coefficient (Wildman–Crippen LogP) is 7.09. The average Bonchev–Trinajstić information content (AvgIpc) is 3.27. The van der Waals surface area contributed by atoms with Gasteiger partial charge in [-0.15, -0.1) is 0 Å². The number of benzene rings is 2. The molecule has 2 heterocycles. The van der Waals surface area contributed by atoms with Gasteiger partial charge in [0.05, 0.1) is 10.5 Å². The van der Waals surface area contributed by atoms with Crippen LogP contribution in [0.1, 0.15) is 48.8 Å². The number of imide groups is 1. The molecular weight excluding hydrogens is 527 g/mol. The zero-order chi connectivity index (χ0) is 28.7. The lowest BCUT2D eigenvalue weighted by molar-refractivity contribution is -0.137. The van der Waals surface area contributed by atoms with E-state index in [0.29, 0.717) is 11.8 Å². The standard InChI is InChI=1S/C29H28F3N3O3S/c1-17-13-19(18(2)35(17)23-11-9-20(10-12-23)28(3,4)5)14-24-26(37)34(27(38)39-24)16-25(36)33-22-8-6-7-21(15-22)29(30,31)32/h6-15H,16H2,1-5H3,(H,33,36)/b24-14-. The SMILES string of the molecule is Cc1cc(/C=C2\SC(=O)N(CC(=O)Nc3cccc(C(F)(F)F)c3)C2=O)c(C)n1-c1ccc(C(C)(C)C)cc1. The van der Waals surface area contributed by atoms with E-state index < -0.39 is 35.3 Å². The number of aromatic nitrogens is 1. The van der Waals surface area contributed by atoms with Crippen molar-refractivity contribution in [2.45, 2.75) is 46.2 Å². The van der Waals surface area contributed by atoms with Gasteiger partial charge in [0.2, 0.25) is 5.91 Å². The van der Waals surface area contributed by atoms with Crippen LogP contribution in [0.5, 0.6) is 0 Å². The zero-order valence-corrected chi connectivity index (χ0v) is 23.0. The summed E-state index contributed by atoms with van der Waals surface area (Å²) in [6.07, 6.45) is -2.94. The molecule has 1 saturated heterocycles. The van der Waals surface area contributed by atoms with E-state index in [1.54, 1.807) is 6.08 Å². The largest absolute Gasteiger partial charge is 0.416 e. The maximum Gasteiger partial charge on any atom is 0.416 e. The molecule has 1 fully saturated rings. The van der Waals surface area contributed by atoms with Gasteiger partial charge < -0.3 is 9.88 Å². The molecule has 39 heavy (non-hydrogen) atoms. The van der Waals surface area contributed by atoms with Crippen molar-refractivity contribution in [3.05, 3.63) is 87.6 Å². The summed E-state index contributed by atoms with van der Waals surface area (Å²) in [5, 5.41) is 1.69. The van der Waals surface area contributed by atoms with E-state index in [1.165, 1.54) is 11.6 Å². The topological polar surface area (TPSA) is 71.4 Å². The van der Waals surface area contributed by atoms with E-state index in [-0.39, 0.29) is 16.0 Å². The van der Waals surface area contributed by atoms with Crippen molar-refractivity contribution in [3.8, 4) is 5.69 Å². The number of carbonyl (C=O) groups is 3. The van der Waals surface area contributed by atoms with E-state index in [1.807, 2.05) is 32.0 Å². The second-order valence-corrected chi connectivity index (χ2v) is 11.3. The first-order chi connectivity index (χ1) is 18.1. The molecule has 204 valence electrons. The minimum absolute atomic E-state index is 0.0252. The third kappa shape index (κ3) is 6.11. The van der Waals surface area contributed by atoms with Crippen LogP contribution >= 0.6 is 11.8 Å². The van der Waals surface area contributed by atoms with E-state index in [0.717, 1.165) is 45.7 Å². The fourth-order valence-electron chi connectivity index (χ4n) is 4.34. The van der Waals surface area contributed by atoms with Crippen molar-refractivity contribution in [3.63, 3.8) is 0 Å². The highest BCUT2D eigenvalue weighted by atomic mass is 32.2. The number of rotatable bonds is 5. The van der Waals surface area contributed by atoms with Crippen molar-refractivity contribution < 1.29 is 27.6 Å². The monoisotopic (exact) mass is 555 g/mol. The molecule has 0 aliphatic carbocycles. The molecule has 4 rings (SSSR count). The van der Waals surface area contributed by atoms with Crippen LogP contribution in [0.3, 0.4) is 0 Å². The Morgan fingerprint density at radius 1 is 0.974 bits per heavy atom. The number of alkyl halides is 3. The fourth-order valence-corrected chi connectivity index (χ4v) is 5.17. The molecule has 1 aliphatic rings. The summed E-state index contributed by atoms with van der Waals surface area (Å²) in [6, 6.07) is 14.3. The highest BCUT2D eigenvalue weighted by Gasteiger charge is 2.37. The Balaban J connectivity index is 1.50. The molecule has 10 heteroatoms. The van der Waals surface area contributed by atoms with E-state index in [2.05, 4.69) is 42.8 Å². The minimum atomic E-state index is -4.57. The Hall–Kier alpha value is -3.79. The molecule has 0 saturated carbocycles. The fraction of sp³-hybridized carbons (Fsp3) is 0.276. The first kappa shape index (κ1) is 28.2. The van der Waals surface area contributed by atoms with Crippen LogP contribution in [-0.2, 0) is 21.2 Å². The molecule has 6 nitrogen and oxygen atoms in total. The van der Waals surface area contributed by atoms with Crippen LogP contribution in [0.15, 0.2) is 59.5 Å². The zero-order valence-electron chi connectivity index (χ0n) is 22.1. The molecule has 0 radical (unpaired) electrons. The molecule has 0 spiro atoms. The number of anilines is 1. The lowest BCUT2D eigenvalue weighted by atomic mass is 9.87. The molecule has 1 N–H and O–H groups in total. The lowest BCUT2D eigenvalue weighted by Crippen LogP contribution is -2.36. The van der Waals surface area contributed by atoms with Crippen LogP contribution < -0.4 is 5.32 Å². The molecule has 3 aromatic rings. The Labute approximate surface area is 228 Å². The van der Waals surface area contributed by atoms with Gasteiger partial charge in [0.25, 0.3) is 11.1 Å². The maximum atomic E-state index is 13.0. The van der Waals surface area contributed by atoms with Crippen molar-refractivity contribution in [1.82, 2.24) is 9.47 Å². The average molecular weight is 556 g/mol. The summed E-state index contributed by atoms with van der Waals surface area (Å²) in [6.45, 7) is 9.70. The van der Waals surface area contributed by atoms with E-state index in [9.17, 15) is 27.6 Å². The summed E-state index contributed by atoms with van der Waals surface area (Å²) >= 11 is 0.716. The molecule has 1 aromatic heterocycles. The second kappa shape index (κ2) is 10.4. The Bertz CT molecular complexity index is 1480. The molecule has 0 unspecified atom stereocenters. The number of nitrogens with zero attached hydrogens (tertiary/aromatic N) is 2. The van der Waals surface area contributed by atoms with Gasteiger partial charge >= 0.3 is 6.18 Å². The molecule has 1 aliphatic heterocycles. The summed E-state index contributed by atoms with van der Waals surface area (Å²) in [5.41, 5.74) is 3.78. The first-order valence-corrected chi connectivity index (χ1v) is 13.0. The van der Waals surface area contributed by atoms with Crippen LogP contribution in [0.25, 0.3) is 11.8 Å². The number of thioether (sulfide) groups is 1. The quantitative estimate of drug-likeness (QED) is 0.342.